The van der Waals surface area contributed by atoms with Gasteiger partial charge >= 0.3 is 0 Å². The van der Waals surface area contributed by atoms with Crippen LogP contribution in [0.4, 0.5) is 0 Å². The fourth-order valence-corrected chi connectivity index (χ4v) is 0.939. The van der Waals surface area contributed by atoms with Gasteiger partial charge in [0.1, 0.15) is 0 Å². The third-order valence-electron chi connectivity index (χ3n) is 1.68. The summed E-state index contributed by atoms with van der Waals surface area (Å²) in [5.41, 5.74) is 0. The molecular weight excluding hydrogens is 126 g/mol. The average molecular weight is 144 g/mol. The molecule has 1 radical (unpaired) electrons. The van der Waals surface area contributed by atoms with Crippen molar-refractivity contribution in [2.45, 2.75) is 26.7 Å². The molecule has 0 rings (SSSR count). The maximum absolute atomic E-state index is 10.2. The summed E-state index contributed by atoms with van der Waals surface area (Å²) in [5.74, 6) is 0. The lowest BCUT2D eigenvalue weighted by molar-refractivity contribution is 0.142. The number of rotatable bonds is 6. The maximum Gasteiger partial charge on any atom is 0.0949 e. The van der Waals surface area contributed by atoms with Gasteiger partial charge in [0.05, 0.1) is 6.61 Å². The Balaban J connectivity index is 3.21. The molecule has 2 heteroatoms. The van der Waals surface area contributed by atoms with Gasteiger partial charge in [0.15, 0.2) is 0 Å². The first-order chi connectivity index (χ1) is 4.85. The van der Waals surface area contributed by atoms with Crippen molar-refractivity contribution in [3.8, 4) is 0 Å². The lowest BCUT2D eigenvalue weighted by atomic mass is 10.3. The number of hydrogen-bond donors (Lipinski definition) is 0. The van der Waals surface area contributed by atoms with Gasteiger partial charge in [0.25, 0.3) is 0 Å². The molecule has 2 nitrogen and oxygen atoms in total. The van der Waals surface area contributed by atoms with Crippen molar-refractivity contribution in [3.05, 3.63) is 0 Å². The molecule has 0 fully saturated rings. The fourth-order valence-electron chi connectivity index (χ4n) is 0.939. The van der Waals surface area contributed by atoms with E-state index < -0.39 is 0 Å². The molecule has 0 aliphatic heterocycles. The summed E-state index contributed by atoms with van der Waals surface area (Å²) < 4.78 is 0. The Labute approximate surface area is 63.8 Å². The lowest BCUT2D eigenvalue weighted by Gasteiger charge is -2.17. The molecule has 0 bridgehead atoms. The van der Waals surface area contributed by atoms with Gasteiger partial charge in [0, 0.05) is 6.54 Å². The third kappa shape index (κ3) is 4.77. The predicted molar refractivity (Wildman–Crippen MR) is 42.6 cm³/mol. The Morgan fingerprint density at radius 1 is 1.20 bits per heavy atom. The van der Waals surface area contributed by atoms with E-state index in [2.05, 4.69) is 18.7 Å². The topological polar surface area (TPSA) is 23.1 Å². The van der Waals surface area contributed by atoms with Gasteiger partial charge in [-0.05, 0) is 19.5 Å². The van der Waals surface area contributed by atoms with Crippen molar-refractivity contribution in [2.24, 2.45) is 0 Å². The molecule has 0 amide bonds. The highest BCUT2D eigenvalue weighted by molar-refractivity contribution is 4.52. The van der Waals surface area contributed by atoms with Gasteiger partial charge in [-0.15, -0.1) is 0 Å². The van der Waals surface area contributed by atoms with Crippen LogP contribution < -0.4 is 0 Å². The van der Waals surface area contributed by atoms with Crippen molar-refractivity contribution < 1.29 is 5.11 Å². The Hall–Kier alpha value is -0.0800. The molecule has 0 aromatic carbocycles. The van der Waals surface area contributed by atoms with Crippen LogP contribution in [0, 0.1) is 0 Å². The summed E-state index contributed by atoms with van der Waals surface area (Å²) in [7, 11) is 0. The van der Waals surface area contributed by atoms with E-state index in [1.807, 2.05) is 0 Å². The number of nitrogens with zero attached hydrogens (tertiary/aromatic N) is 1. The first-order valence-electron chi connectivity index (χ1n) is 4.15. The Bertz CT molecular complexity index is 66.3. The SMILES string of the molecule is CCCCN(CC)CC[O]. The molecule has 0 saturated heterocycles. The largest absolute Gasteiger partial charge is 0.301 e. The highest BCUT2D eigenvalue weighted by atomic mass is 16.3. The first-order valence-corrected chi connectivity index (χ1v) is 4.15. The van der Waals surface area contributed by atoms with Crippen LogP contribution in [-0.2, 0) is 5.11 Å². The van der Waals surface area contributed by atoms with Gasteiger partial charge in [-0.1, -0.05) is 20.3 Å². The Kier molecular flexibility index (Phi) is 6.98. The van der Waals surface area contributed by atoms with E-state index in [1.165, 1.54) is 12.8 Å². The van der Waals surface area contributed by atoms with Crippen LogP contribution in [0.25, 0.3) is 0 Å². The smallest absolute Gasteiger partial charge is 0.0949 e. The van der Waals surface area contributed by atoms with Crippen LogP contribution in [0.15, 0.2) is 0 Å². The van der Waals surface area contributed by atoms with Crippen molar-refractivity contribution in [3.63, 3.8) is 0 Å². The summed E-state index contributed by atoms with van der Waals surface area (Å²) >= 11 is 0. The highest BCUT2D eigenvalue weighted by Gasteiger charge is 1.98. The normalized spacial score (nSPS) is 10.8. The monoisotopic (exact) mass is 144 g/mol. The van der Waals surface area contributed by atoms with E-state index in [0.29, 0.717) is 0 Å². The van der Waals surface area contributed by atoms with Crippen LogP contribution in [0.3, 0.4) is 0 Å². The molecular formula is C8H18NO. The Morgan fingerprint density at radius 3 is 2.30 bits per heavy atom. The van der Waals surface area contributed by atoms with Crippen LogP contribution >= 0.6 is 0 Å². The fraction of sp³-hybridized carbons (Fsp3) is 1.00. The van der Waals surface area contributed by atoms with Gasteiger partial charge in [-0.2, -0.15) is 0 Å². The summed E-state index contributed by atoms with van der Waals surface area (Å²) in [6.45, 7) is 7.14. The molecule has 0 atom stereocenters. The van der Waals surface area contributed by atoms with Gasteiger partial charge < -0.3 is 4.90 Å². The summed E-state index contributed by atoms with van der Waals surface area (Å²) in [6.07, 6.45) is 2.43. The minimum atomic E-state index is 0.0392. The van der Waals surface area contributed by atoms with Crippen LogP contribution in [-0.4, -0.2) is 31.1 Å². The zero-order chi connectivity index (χ0) is 7.82. The van der Waals surface area contributed by atoms with Crippen molar-refractivity contribution in [1.29, 1.82) is 0 Å². The molecule has 61 valence electrons. The first kappa shape index (κ1) is 9.92. The van der Waals surface area contributed by atoms with Crippen molar-refractivity contribution in [2.75, 3.05) is 26.2 Å². The molecule has 0 aliphatic carbocycles. The van der Waals surface area contributed by atoms with E-state index >= 15 is 0 Å². The summed E-state index contributed by atoms with van der Waals surface area (Å²) in [5, 5.41) is 10.2. The maximum atomic E-state index is 10.2. The van der Waals surface area contributed by atoms with Crippen LogP contribution in [0.2, 0.25) is 0 Å². The molecule has 0 heterocycles. The molecule has 0 aliphatic rings. The second kappa shape index (κ2) is 7.03. The third-order valence-corrected chi connectivity index (χ3v) is 1.68. The quantitative estimate of drug-likeness (QED) is 0.554. The molecule has 10 heavy (non-hydrogen) atoms. The zero-order valence-corrected chi connectivity index (χ0v) is 7.10. The van der Waals surface area contributed by atoms with E-state index in [0.717, 1.165) is 19.6 Å². The lowest BCUT2D eigenvalue weighted by Crippen LogP contribution is -2.27. The van der Waals surface area contributed by atoms with Crippen LogP contribution in [0.5, 0.6) is 0 Å². The number of likely N-dealkylation sites (N-methyl/N-ethyl adjacent to an activating group) is 1. The van der Waals surface area contributed by atoms with Gasteiger partial charge in [-0.3, -0.25) is 0 Å². The summed E-state index contributed by atoms with van der Waals surface area (Å²) in [6, 6.07) is 0. The minimum Gasteiger partial charge on any atom is -0.301 e. The number of unbranched alkanes of at least 4 members (excludes halogenated alkanes) is 1. The van der Waals surface area contributed by atoms with E-state index in [4.69, 9.17) is 0 Å². The molecule has 0 spiro atoms. The second-order valence-corrected chi connectivity index (χ2v) is 2.49. The molecule has 0 unspecified atom stereocenters. The van der Waals surface area contributed by atoms with Gasteiger partial charge in [-0.25, -0.2) is 5.11 Å². The zero-order valence-electron chi connectivity index (χ0n) is 7.10. The van der Waals surface area contributed by atoms with Crippen molar-refractivity contribution in [1.82, 2.24) is 4.90 Å². The molecule has 0 aromatic rings. The second-order valence-electron chi connectivity index (χ2n) is 2.49. The Morgan fingerprint density at radius 2 is 1.90 bits per heavy atom. The minimum absolute atomic E-state index is 0.0392. The van der Waals surface area contributed by atoms with Crippen molar-refractivity contribution >= 4 is 0 Å². The van der Waals surface area contributed by atoms with E-state index in [9.17, 15) is 5.11 Å². The molecule has 0 aromatic heterocycles. The van der Waals surface area contributed by atoms with Gasteiger partial charge in [0.2, 0.25) is 0 Å². The predicted octanol–water partition coefficient (Wildman–Crippen LogP) is 1.54. The van der Waals surface area contributed by atoms with E-state index in [1.54, 1.807) is 0 Å². The highest BCUT2D eigenvalue weighted by Crippen LogP contribution is 1.92. The standard InChI is InChI=1S/C8H18NO/c1-3-5-6-9(4-2)7-8-10/h3-8H2,1-2H3. The average Bonchev–Trinajstić information content (AvgIpc) is 1.98. The molecule has 0 N–H and O–H groups in total. The molecule has 0 saturated carbocycles. The van der Waals surface area contributed by atoms with Crippen LogP contribution in [0.1, 0.15) is 26.7 Å². The summed E-state index contributed by atoms with van der Waals surface area (Å²) in [4.78, 5) is 2.20. The van der Waals surface area contributed by atoms with E-state index in [-0.39, 0.29) is 6.61 Å². The number of hydrogen-bond acceptors (Lipinski definition) is 1.